The summed E-state index contributed by atoms with van der Waals surface area (Å²) in [6.45, 7) is 5.78. The van der Waals surface area contributed by atoms with Crippen LogP contribution in [0.5, 0.6) is 0 Å². The van der Waals surface area contributed by atoms with Gasteiger partial charge in [-0.25, -0.2) is 0 Å². The Kier molecular flexibility index (Phi) is 2.14. The van der Waals surface area contributed by atoms with Gasteiger partial charge < -0.3 is 11.5 Å². The first-order valence-corrected chi connectivity index (χ1v) is 4.92. The third kappa shape index (κ3) is 1.27. The zero-order valence-electron chi connectivity index (χ0n) is 8.88. The smallest absolute Gasteiger partial charge is 0.175 e. The lowest BCUT2D eigenvalue weighted by Gasteiger charge is -2.23. The van der Waals surface area contributed by atoms with Crippen LogP contribution in [0.15, 0.2) is 6.07 Å². The minimum Gasteiger partial charge on any atom is -0.382 e. The fraction of sp³-hybridized carbons (Fsp3) is 0.500. The lowest BCUT2D eigenvalue weighted by Crippen LogP contribution is -2.37. The Balaban J connectivity index is 2.62. The normalized spacial score (nSPS) is 11.1. The van der Waals surface area contributed by atoms with Gasteiger partial charge in [0.2, 0.25) is 0 Å². The molecule has 2 aromatic rings. The van der Waals surface area contributed by atoms with Gasteiger partial charge in [0.05, 0.1) is 0 Å². The van der Waals surface area contributed by atoms with Crippen LogP contribution in [0.3, 0.4) is 0 Å². The van der Waals surface area contributed by atoms with Crippen LogP contribution in [-0.2, 0) is 0 Å². The monoisotopic (exact) mass is 209 g/mol. The molecular weight excluding hydrogens is 194 g/mol. The van der Waals surface area contributed by atoms with Gasteiger partial charge in [0.1, 0.15) is 11.3 Å². The Morgan fingerprint density at radius 2 is 2.00 bits per heavy atom. The Bertz CT molecular complexity index is 464. The van der Waals surface area contributed by atoms with E-state index in [1.54, 1.807) is 15.5 Å². The van der Waals surface area contributed by atoms with E-state index in [0.717, 1.165) is 18.6 Å². The molecule has 0 aliphatic carbocycles. The van der Waals surface area contributed by atoms with Crippen LogP contribution in [0.2, 0.25) is 0 Å². The van der Waals surface area contributed by atoms with E-state index in [2.05, 4.69) is 24.2 Å². The molecule has 0 aromatic carbocycles. The summed E-state index contributed by atoms with van der Waals surface area (Å²) in [6, 6.07) is 1.77. The highest BCUT2D eigenvalue weighted by Gasteiger charge is 2.14. The third-order valence-corrected chi connectivity index (χ3v) is 2.41. The quantitative estimate of drug-likeness (QED) is 0.722. The van der Waals surface area contributed by atoms with Crippen LogP contribution < -0.4 is 16.5 Å². The summed E-state index contributed by atoms with van der Waals surface area (Å²) in [6.07, 6.45) is 0. The maximum atomic E-state index is 5.90. The Labute approximate surface area is 87.2 Å². The highest BCUT2D eigenvalue weighted by molar-refractivity contribution is 5.68. The number of anilines is 2. The van der Waals surface area contributed by atoms with E-state index in [1.165, 1.54) is 0 Å². The molecule has 0 fully saturated rings. The summed E-state index contributed by atoms with van der Waals surface area (Å²) in [5.41, 5.74) is 12.3. The predicted molar refractivity (Wildman–Crippen MR) is 59.1 cm³/mol. The third-order valence-electron chi connectivity index (χ3n) is 2.41. The molecule has 2 rings (SSSR count). The lowest BCUT2D eigenvalue weighted by molar-refractivity contribution is 0.496. The number of hydrogen-bond donors (Lipinski definition) is 2. The molecule has 4 N–H and O–H groups in total. The van der Waals surface area contributed by atoms with Crippen molar-refractivity contribution in [3.05, 3.63) is 6.07 Å². The van der Waals surface area contributed by atoms with E-state index in [1.807, 2.05) is 5.01 Å². The molecule has 0 aliphatic heterocycles. The second-order valence-electron chi connectivity index (χ2n) is 3.25. The topological polar surface area (TPSA) is 90.4 Å². The van der Waals surface area contributed by atoms with Gasteiger partial charge in [0, 0.05) is 19.2 Å². The van der Waals surface area contributed by atoms with Gasteiger partial charge in [0.25, 0.3) is 0 Å². The second kappa shape index (κ2) is 3.34. The van der Waals surface area contributed by atoms with Crippen molar-refractivity contribution in [2.24, 2.45) is 0 Å². The summed E-state index contributed by atoms with van der Waals surface area (Å²) >= 11 is 0. The molecule has 0 radical (unpaired) electrons. The lowest BCUT2D eigenvalue weighted by atomic mass is 10.5. The van der Waals surface area contributed by atoms with Gasteiger partial charge in [-0.15, -0.1) is 9.73 Å². The number of hydrogen-bond acceptors (Lipinski definition) is 5. The Morgan fingerprint density at radius 3 is 2.60 bits per heavy atom. The average Bonchev–Trinajstić information content (AvgIpc) is 2.72. The fourth-order valence-corrected chi connectivity index (χ4v) is 1.65. The van der Waals surface area contributed by atoms with E-state index < -0.39 is 0 Å². The fourth-order valence-electron chi connectivity index (χ4n) is 1.65. The maximum Gasteiger partial charge on any atom is 0.175 e. The van der Waals surface area contributed by atoms with E-state index in [4.69, 9.17) is 11.5 Å². The zero-order chi connectivity index (χ0) is 11.0. The van der Waals surface area contributed by atoms with Crippen molar-refractivity contribution in [3.8, 4) is 0 Å². The van der Waals surface area contributed by atoms with Crippen LogP contribution in [0.1, 0.15) is 13.8 Å². The van der Waals surface area contributed by atoms with Gasteiger partial charge in [0.15, 0.2) is 5.82 Å². The molecule has 0 atom stereocenters. The van der Waals surface area contributed by atoms with Crippen molar-refractivity contribution in [3.63, 3.8) is 0 Å². The summed E-state index contributed by atoms with van der Waals surface area (Å²) in [7, 11) is 0. The number of nitrogens with zero attached hydrogens (tertiary/aromatic N) is 5. The molecule has 0 unspecified atom stereocenters. The molecule has 2 heterocycles. The van der Waals surface area contributed by atoms with E-state index in [9.17, 15) is 0 Å². The summed E-state index contributed by atoms with van der Waals surface area (Å²) in [5.74, 6) is 1.00. The van der Waals surface area contributed by atoms with Crippen LogP contribution in [0, 0.1) is 0 Å². The summed E-state index contributed by atoms with van der Waals surface area (Å²) in [5, 5.41) is 9.77. The largest absolute Gasteiger partial charge is 0.382 e. The Morgan fingerprint density at radius 1 is 1.33 bits per heavy atom. The first-order chi connectivity index (χ1) is 7.19. The van der Waals surface area contributed by atoms with Crippen LogP contribution >= 0.6 is 0 Å². The molecular formula is C8H15N7. The first kappa shape index (κ1) is 9.63. The highest BCUT2D eigenvalue weighted by Crippen LogP contribution is 2.16. The van der Waals surface area contributed by atoms with Gasteiger partial charge in [-0.05, 0) is 19.1 Å². The van der Waals surface area contributed by atoms with Crippen LogP contribution in [0.4, 0.5) is 11.6 Å². The standard InChI is InChI=1S/C8H15N7/c1-3-13(4-2)15-7(9)5-6-8(10)11-12-14(6)15/h5H,3-4,9-10H2,1-2H3. The molecule has 2 aromatic heterocycles. The van der Waals surface area contributed by atoms with E-state index >= 15 is 0 Å². The predicted octanol–water partition coefficient (Wildman–Crippen LogP) is -0.327. The number of nitrogen functional groups attached to an aromatic ring is 2. The molecule has 0 saturated heterocycles. The molecule has 0 amide bonds. The number of nitrogens with two attached hydrogens (primary N) is 2. The molecule has 0 aliphatic rings. The van der Waals surface area contributed by atoms with E-state index in [-0.39, 0.29) is 0 Å². The first-order valence-electron chi connectivity index (χ1n) is 4.92. The van der Waals surface area contributed by atoms with E-state index in [0.29, 0.717) is 11.6 Å². The van der Waals surface area contributed by atoms with Gasteiger partial charge >= 0.3 is 0 Å². The average molecular weight is 209 g/mol. The van der Waals surface area contributed by atoms with Gasteiger partial charge in [-0.1, -0.05) is 0 Å². The Hall–Kier alpha value is -1.92. The summed E-state index contributed by atoms with van der Waals surface area (Å²) < 4.78 is 1.61. The van der Waals surface area contributed by atoms with Gasteiger partial charge in [-0.3, -0.25) is 5.01 Å². The number of fused-ring (bicyclic) bond motifs is 1. The number of aromatic nitrogens is 4. The van der Waals surface area contributed by atoms with Crippen molar-refractivity contribution in [2.45, 2.75) is 13.8 Å². The molecule has 0 spiro atoms. The summed E-state index contributed by atoms with van der Waals surface area (Å²) in [4.78, 5) is 1.78. The van der Waals surface area contributed by atoms with Crippen molar-refractivity contribution < 1.29 is 0 Å². The molecule has 15 heavy (non-hydrogen) atoms. The molecule has 0 bridgehead atoms. The minimum absolute atomic E-state index is 0.396. The van der Waals surface area contributed by atoms with Crippen molar-refractivity contribution >= 4 is 17.2 Å². The second-order valence-corrected chi connectivity index (χ2v) is 3.25. The molecule has 7 nitrogen and oxygen atoms in total. The van der Waals surface area contributed by atoms with Crippen LogP contribution in [-0.4, -0.2) is 32.8 Å². The van der Waals surface area contributed by atoms with Crippen molar-refractivity contribution in [2.75, 3.05) is 29.6 Å². The van der Waals surface area contributed by atoms with Crippen molar-refractivity contribution in [1.82, 2.24) is 19.7 Å². The molecule has 82 valence electrons. The molecule has 0 saturated carbocycles. The minimum atomic E-state index is 0.396. The van der Waals surface area contributed by atoms with Gasteiger partial charge in [-0.2, -0.15) is 4.79 Å². The maximum absolute atomic E-state index is 5.90. The zero-order valence-corrected chi connectivity index (χ0v) is 8.88. The number of rotatable bonds is 3. The SMILES string of the molecule is CCN(CC)n1c(N)cc2c(N)nnn21. The highest BCUT2D eigenvalue weighted by atomic mass is 15.8. The van der Waals surface area contributed by atoms with Crippen LogP contribution in [0.25, 0.3) is 5.52 Å². The van der Waals surface area contributed by atoms with Crippen molar-refractivity contribution in [1.29, 1.82) is 0 Å². The molecule has 7 heteroatoms.